The summed E-state index contributed by atoms with van der Waals surface area (Å²) in [6.45, 7) is 2.30. The van der Waals surface area contributed by atoms with Gasteiger partial charge in [-0.05, 0) is 31.6 Å². The van der Waals surface area contributed by atoms with E-state index in [4.69, 9.17) is 0 Å². The molecule has 1 aliphatic carbocycles. The minimum absolute atomic E-state index is 0.850. The zero-order chi connectivity index (χ0) is 7.68. The maximum atomic E-state index is 3.74. The molecule has 0 bridgehead atoms. The minimum Gasteiger partial charge on any atom is -0.311 e. The molecule has 0 radical (unpaired) electrons. The molecule has 0 aromatic carbocycles. The Morgan fingerprint density at radius 2 is 2.09 bits per heavy atom. The molecule has 1 heteroatoms. The van der Waals surface area contributed by atoms with Gasteiger partial charge in [0.25, 0.3) is 0 Å². The Kier molecular flexibility index (Phi) is 2.17. The van der Waals surface area contributed by atoms with Crippen LogP contribution >= 0.6 is 0 Å². The standard InChI is InChI=1S/C10H19N/c1-2-9-7-8-5-3-4-6-10(8)11-9/h8-11H,2-7H2,1H3/t8-,9+,10-/m1/s1. The van der Waals surface area contributed by atoms with E-state index in [0.29, 0.717) is 0 Å². The maximum absolute atomic E-state index is 3.74. The first-order valence-electron chi connectivity index (χ1n) is 5.16. The van der Waals surface area contributed by atoms with Crippen molar-refractivity contribution in [1.82, 2.24) is 5.32 Å². The Hall–Kier alpha value is -0.0400. The fourth-order valence-corrected chi connectivity index (χ4v) is 2.73. The largest absolute Gasteiger partial charge is 0.311 e. The van der Waals surface area contributed by atoms with Crippen molar-refractivity contribution in [3.63, 3.8) is 0 Å². The van der Waals surface area contributed by atoms with E-state index < -0.39 is 0 Å². The molecule has 2 rings (SSSR count). The topological polar surface area (TPSA) is 12.0 Å². The van der Waals surface area contributed by atoms with Crippen LogP contribution in [-0.4, -0.2) is 12.1 Å². The summed E-state index contributed by atoms with van der Waals surface area (Å²) in [6, 6.07) is 1.75. The van der Waals surface area contributed by atoms with E-state index in [2.05, 4.69) is 12.2 Å². The lowest BCUT2D eigenvalue weighted by Gasteiger charge is -2.24. The first-order valence-corrected chi connectivity index (χ1v) is 5.16. The van der Waals surface area contributed by atoms with Gasteiger partial charge in [-0.25, -0.2) is 0 Å². The molecule has 11 heavy (non-hydrogen) atoms. The summed E-state index contributed by atoms with van der Waals surface area (Å²) < 4.78 is 0. The van der Waals surface area contributed by atoms with Crippen molar-refractivity contribution in [1.29, 1.82) is 0 Å². The van der Waals surface area contributed by atoms with Crippen LogP contribution in [-0.2, 0) is 0 Å². The average Bonchev–Trinajstić information content (AvgIpc) is 2.46. The van der Waals surface area contributed by atoms with Gasteiger partial charge >= 0.3 is 0 Å². The maximum Gasteiger partial charge on any atom is 0.00984 e. The first-order chi connectivity index (χ1) is 5.40. The third-order valence-electron chi connectivity index (χ3n) is 3.44. The molecule has 0 aromatic rings. The summed E-state index contributed by atoms with van der Waals surface area (Å²) in [4.78, 5) is 0. The van der Waals surface area contributed by atoms with Crippen LogP contribution in [0.1, 0.15) is 45.4 Å². The van der Waals surface area contributed by atoms with Crippen molar-refractivity contribution in [2.75, 3.05) is 0 Å². The molecule has 0 spiro atoms. The van der Waals surface area contributed by atoms with Crippen LogP contribution in [0, 0.1) is 5.92 Å². The van der Waals surface area contributed by atoms with Crippen molar-refractivity contribution in [3.05, 3.63) is 0 Å². The van der Waals surface area contributed by atoms with Crippen molar-refractivity contribution >= 4 is 0 Å². The zero-order valence-electron chi connectivity index (χ0n) is 7.47. The van der Waals surface area contributed by atoms with Gasteiger partial charge < -0.3 is 5.32 Å². The first kappa shape index (κ1) is 7.60. The van der Waals surface area contributed by atoms with Gasteiger partial charge in [-0.3, -0.25) is 0 Å². The molecule has 0 aromatic heterocycles. The van der Waals surface area contributed by atoms with Gasteiger partial charge in [0.15, 0.2) is 0 Å². The third-order valence-corrected chi connectivity index (χ3v) is 3.44. The number of nitrogens with one attached hydrogen (secondary N) is 1. The molecule has 3 atom stereocenters. The Morgan fingerprint density at radius 1 is 1.27 bits per heavy atom. The molecule has 2 aliphatic rings. The molecular weight excluding hydrogens is 134 g/mol. The van der Waals surface area contributed by atoms with E-state index in [9.17, 15) is 0 Å². The smallest absolute Gasteiger partial charge is 0.00984 e. The summed E-state index contributed by atoms with van der Waals surface area (Å²) >= 11 is 0. The second-order valence-electron chi connectivity index (χ2n) is 4.16. The molecule has 1 heterocycles. The number of fused-ring (bicyclic) bond motifs is 1. The van der Waals surface area contributed by atoms with Gasteiger partial charge in [-0.1, -0.05) is 19.8 Å². The lowest BCUT2D eigenvalue weighted by atomic mass is 9.85. The number of hydrogen-bond acceptors (Lipinski definition) is 1. The summed E-state index contributed by atoms with van der Waals surface area (Å²) in [7, 11) is 0. The normalized spacial score (nSPS) is 43.9. The van der Waals surface area contributed by atoms with Gasteiger partial charge in [0.1, 0.15) is 0 Å². The van der Waals surface area contributed by atoms with Crippen LogP contribution < -0.4 is 5.32 Å². The van der Waals surface area contributed by atoms with Gasteiger partial charge in [-0.15, -0.1) is 0 Å². The Bertz CT molecular complexity index is 119. The Morgan fingerprint density at radius 3 is 2.82 bits per heavy atom. The van der Waals surface area contributed by atoms with Crippen molar-refractivity contribution in [3.8, 4) is 0 Å². The molecule has 1 saturated heterocycles. The van der Waals surface area contributed by atoms with Crippen LogP contribution in [0.3, 0.4) is 0 Å². The summed E-state index contributed by atoms with van der Waals surface area (Å²) in [5.41, 5.74) is 0. The second-order valence-corrected chi connectivity index (χ2v) is 4.16. The lowest BCUT2D eigenvalue weighted by molar-refractivity contribution is 0.325. The highest BCUT2D eigenvalue weighted by Gasteiger charge is 2.33. The lowest BCUT2D eigenvalue weighted by Crippen LogP contribution is -2.32. The van der Waals surface area contributed by atoms with Crippen LogP contribution in [0.4, 0.5) is 0 Å². The summed E-state index contributed by atoms with van der Waals surface area (Å²) in [5, 5.41) is 3.74. The van der Waals surface area contributed by atoms with Crippen LogP contribution in [0.2, 0.25) is 0 Å². The quantitative estimate of drug-likeness (QED) is 0.609. The number of hydrogen-bond donors (Lipinski definition) is 1. The molecular formula is C10H19N. The van der Waals surface area contributed by atoms with Crippen LogP contribution in [0.5, 0.6) is 0 Å². The highest BCUT2D eigenvalue weighted by Crippen LogP contribution is 2.33. The van der Waals surface area contributed by atoms with E-state index in [1.54, 1.807) is 0 Å². The van der Waals surface area contributed by atoms with E-state index in [1.165, 1.54) is 38.5 Å². The number of rotatable bonds is 1. The molecule has 1 aliphatic heterocycles. The molecule has 1 N–H and O–H groups in total. The highest BCUT2D eigenvalue weighted by molar-refractivity contribution is 4.91. The van der Waals surface area contributed by atoms with Gasteiger partial charge in [0.2, 0.25) is 0 Å². The monoisotopic (exact) mass is 153 g/mol. The highest BCUT2D eigenvalue weighted by atomic mass is 15.0. The predicted molar refractivity (Wildman–Crippen MR) is 47.6 cm³/mol. The van der Waals surface area contributed by atoms with Gasteiger partial charge in [0.05, 0.1) is 0 Å². The molecule has 1 nitrogen and oxygen atoms in total. The Labute approximate surface area is 69.6 Å². The SMILES string of the molecule is CC[C@H]1C[C@H]2CCCC[C@H]2N1. The molecule has 64 valence electrons. The Balaban J connectivity index is 1.92. The minimum atomic E-state index is 0.850. The second kappa shape index (κ2) is 3.14. The van der Waals surface area contributed by atoms with E-state index in [0.717, 1.165) is 18.0 Å². The van der Waals surface area contributed by atoms with Crippen LogP contribution in [0.25, 0.3) is 0 Å². The van der Waals surface area contributed by atoms with Crippen molar-refractivity contribution in [2.24, 2.45) is 5.92 Å². The van der Waals surface area contributed by atoms with Gasteiger partial charge in [-0.2, -0.15) is 0 Å². The molecule has 0 amide bonds. The zero-order valence-corrected chi connectivity index (χ0v) is 7.47. The summed E-state index contributed by atoms with van der Waals surface area (Å²) in [5.74, 6) is 1.04. The third kappa shape index (κ3) is 1.44. The molecule has 0 unspecified atom stereocenters. The van der Waals surface area contributed by atoms with E-state index in [1.807, 2.05) is 0 Å². The fourth-order valence-electron chi connectivity index (χ4n) is 2.73. The molecule has 2 fully saturated rings. The van der Waals surface area contributed by atoms with Crippen molar-refractivity contribution < 1.29 is 0 Å². The van der Waals surface area contributed by atoms with Crippen molar-refractivity contribution in [2.45, 2.75) is 57.5 Å². The predicted octanol–water partition coefficient (Wildman–Crippen LogP) is 2.32. The summed E-state index contributed by atoms with van der Waals surface area (Å²) in [6.07, 6.45) is 8.67. The van der Waals surface area contributed by atoms with E-state index >= 15 is 0 Å². The van der Waals surface area contributed by atoms with Crippen LogP contribution in [0.15, 0.2) is 0 Å². The molecule has 1 saturated carbocycles. The van der Waals surface area contributed by atoms with E-state index in [-0.39, 0.29) is 0 Å². The fraction of sp³-hybridized carbons (Fsp3) is 1.00. The average molecular weight is 153 g/mol. The van der Waals surface area contributed by atoms with Gasteiger partial charge in [0, 0.05) is 12.1 Å².